The normalized spacial score (nSPS) is 29.0. The fourth-order valence-electron chi connectivity index (χ4n) is 3.37. The number of rotatable bonds is 3. The van der Waals surface area contributed by atoms with Crippen LogP contribution in [0, 0.1) is 0 Å². The van der Waals surface area contributed by atoms with E-state index < -0.39 is 0 Å². The van der Waals surface area contributed by atoms with Crippen LogP contribution in [0.25, 0.3) is 0 Å². The molecule has 3 unspecified atom stereocenters. The van der Waals surface area contributed by atoms with Crippen LogP contribution in [-0.4, -0.2) is 43.2 Å². The van der Waals surface area contributed by atoms with Gasteiger partial charge in [-0.05, 0) is 30.9 Å². The summed E-state index contributed by atoms with van der Waals surface area (Å²) in [5.41, 5.74) is 1.06. The first-order chi connectivity index (χ1) is 10.2. The van der Waals surface area contributed by atoms with Gasteiger partial charge in [-0.15, -0.1) is 0 Å². The molecule has 1 aromatic carbocycles. The summed E-state index contributed by atoms with van der Waals surface area (Å²) in [6, 6.07) is 7.81. The zero-order chi connectivity index (χ0) is 14.8. The lowest BCUT2D eigenvalue weighted by Crippen LogP contribution is -2.43. The molecule has 114 valence electrons. The van der Waals surface area contributed by atoms with Crippen molar-refractivity contribution in [3.8, 4) is 0 Å². The first kappa shape index (κ1) is 14.8. The zero-order valence-corrected chi connectivity index (χ0v) is 13.0. The second-order valence-electron chi connectivity index (χ2n) is 5.77. The summed E-state index contributed by atoms with van der Waals surface area (Å²) in [4.78, 5) is 14.8. The van der Waals surface area contributed by atoms with Crippen LogP contribution >= 0.6 is 11.6 Å². The molecule has 0 radical (unpaired) electrons. The average Bonchev–Trinajstić information content (AvgIpc) is 3.16. The Balaban J connectivity index is 1.75. The predicted molar refractivity (Wildman–Crippen MR) is 82.3 cm³/mol. The Hall–Kier alpha value is -1.10. The van der Waals surface area contributed by atoms with Crippen LogP contribution < -0.4 is 5.32 Å². The van der Waals surface area contributed by atoms with Gasteiger partial charge in [-0.3, -0.25) is 4.79 Å². The van der Waals surface area contributed by atoms with Crippen molar-refractivity contribution in [1.82, 2.24) is 10.2 Å². The van der Waals surface area contributed by atoms with Gasteiger partial charge >= 0.3 is 0 Å². The van der Waals surface area contributed by atoms with E-state index in [1.165, 1.54) is 0 Å². The smallest absolute Gasteiger partial charge is 0.240 e. The quantitative estimate of drug-likeness (QED) is 0.932. The van der Waals surface area contributed by atoms with E-state index in [2.05, 4.69) is 5.32 Å². The molecular formula is C16H21ClN2O2. The minimum absolute atomic E-state index is 0.106. The maximum absolute atomic E-state index is 12.8. The molecule has 21 heavy (non-hydrogen) atoms. The number of amides is 1. The van der Waals surface area contributed by atoms with E-state index >= 15 is 0 Å². The van der Waals surface area contributed by atoms with Gasteiger partial charge in [-0.2, -0.15) is 0 Å². The van der Waals surface area contributed by atoms with Gasteiger partial charge in [-0.25, -0.2) is 0 Å². The SMILES string of the molecule is COC1CNC(C(=O)N2CCCC2c2ccccc2Cl)C1. The third-order valence-electron chi connectivity index (χ3n) is 4.52. The van der Waals surface area contributed by atoms with E-state index in [0.717, 1.165) is 42.9 Å². The first-order valence-electron chi connectivity index (χ1n) is 7.52. The first-order valence-corrected chi connectivity index (χ1v) is 7.89. The molecule has 1 amide bonds. The van der Waals surface area contributed by atoms with Gasteiger partial charge in [0.05, 0.1) is 18.2 Å². The van der Waals surface area contributed by atoms with Crippen molar-refractivity contribution in [2.24, 2.45) is 0 Å². The van der Waals surface area contributed by atoms with Gasteiger partial charge in [0.15, 0.2) is 0 Å². The van der Waals surface area contributed by atoms with Crippen LogP contribution in [0.4, 0.5) is 0 Å². The van der Waals surface area contributed by atoms with Crippen molar-refractivity contribution in [3.63, 3.8) is 0 Å². The number of halogens is 1. The molecule has 0 aliphatic carbocycles. The van der Waals surface area contributed by atoms with Crippen LogP contribution in [-0.2, 0) is 9.53 Å². The highest BCUT2D eigenvalue weighted by atomic mass is 35.5. The van der Waals surface area contributed by atoms with E-state index in [4.69, 9.17) is 16.3 Å². The summed E-state index contributed by atoms with van der Waals surface area (Å²) in [5, 5.41) is 4.02. The molecule has 3 atom stereocenters. The predicted octanol–water partition coefficient (Wildman–Crippen LogP) is 2.38. The van der Waals surface area contributed by atoms with Gasteiger partial charge in [-0.1, -0.05) is 29.8 Å². The van der Waals surface area contributed by atoms with Crippen molar-refractivity contribution in [1.29, 1.82) is 0 Å². The maximum atomic E-state index is 12.8. The molecule has 3 rings (SSSR count). The standard InChI is InChI=1S/C16H21ClN2O2/c1-21-11-9-14(18-10-11)16(20)19-8-4-7-15(19)12-5-2-3-6-13(12)17/h2-3,5-6,11,14-15,18H,4,7-10H2,1H3. The Morgan fingerprint density at radius 3 is 2.95 bits per heavy atom. The fraction of sp³-hybridized carbons (Fsp3) is 0.562. The molecule has 1 aromatic rings. The molecule has 0 spiro atoms. The van der Waals surface area contributed by atoms with Crippen molar-refractivity contribution in [3.05, 3.63) is 34.9 Å². The number of ether oxygens (including phenoxy) is 1. The summed E-state index contributed by atoms with van der Waals surface area (Å²) >= 11 is 6.31. The van der Waals surface area contributed by atoms with Crippen molar-refractivity contribution >= 4 is 17.5 Å². The summed E-state index contributed by atoms with van der Waals surface area (Å²) in [6.45, 7) is 1.56. The van der Waals surface area contributed by atoms with Gasteiger partial charge in [0.25, 0.3) is 0 Å². The average molecular weight is 309 g/mol. The number of carbonyl (C=O) groups excluding carboxylic acids is 1. The van der Waals surface area contributed by atoms with E-state index in [0.29, 0.717) is 0 Å². The van der Waals surface area contributed by atoms with Crippen LogP contribution in [0.15, 0.2) is 24.3 Å². The molecule has 2 heterocycles. The topological polar surface area (TPSA) is 41.6 Å². The van der Waals surface area contributed by atoms with Crippen LogP contribution in [0.3, 0.4) is 0 Å². The minimum Gasteiger partial charge on any atom is -0.380 e. The number of nitrogens with one attached hydrogen (secondary N) is 1. The number of nitrogens with zero attached hydrogens (tertiary/aromatic N) is 1. The highest BCUT2D eigenvalue weighted by Gasteiger charge is 2.37. The number of methoxy groups -OCH3 is 1. The molecule has 2 aliphatic heterocycles. The number of hydrogen-bond donors (Lipinski definition) is 1. The molecule has 2 aliphatic rings. The summed E-state index contributed by atoms with van der Waals surface area (Å²) in [5.74, 6) is 0.178. The summed E-state index contributed by atoms with van der Waals surface area (Å²) in [6.07, 6.45) is 2.90. The lowest BCUT2D eigenvalue weighted by Gasteiger charge is -2.28. The van der Waals surface area contributed by atoms with Crippen molar-refractivity contribution < 1.29 is 9.53 Å². The second-order valence-corrected chi connectivity index (χ2v) is 6.17. The molecule has 5 heteroatoms. The Labute approximate surface area is 130 Å². The fourth-order valence-corrected chi connectivity index (χ4v) is 3.63. The number of benzene rings is 1. The number of carbonyl (C=O) groups is 1. The Morgan fingerprint density at radius 1 is 1.43 bits per heavy atom. The van der Waals surface area contributed by atoms with Gasteiger partial charge < -0.3 is 15.0 Å². The third-order valence-corrected chi connectivity index (χ3v) is 4.87. The van der Waals surface area contributed by atoms with Crippen molar-refractivity contribution in [2.75, 3.05) is 20.2 Å². The lowest BCUT2D eigenvalue weighted by atomic mass is 10.0. The van der Waals surface area contributed by atoms with Gasteiger partial charge in [0.2, 0.25) is 5.91 Å². The molecule has 0 bridgehead atoms. The zero-order valence-electron chi connectivity index (χ0n) is 12.2. The van der Waals surface area contributed by atoms with E-state index in [1.54, 1.807) is 7.11 Å². The van der Waals surface area contributed by atoms with Crippen LogP contribution in [0.1, 0.15) is 30.9 Å². The molecule has 2 fully saturated rings. The van der Waals surface area contributed by atoms with E-state index in [1.807, 2.05) is 29.2 Å². The van der Waals surface area contributed by atoms with E-state index in [-0.39, 0.29) is 24.1 Å². The van der Waals surface area contributed by atoms with Gasteiger partial charge in [0.1, 0.15) is 0 Å². The molecule has 4 nitrogen and oxygen atoms in total. The Bertz CT molecular complexity index is 523. The molecule has 1 N–H and O–H groups in total. The molecule has 0 aromatic heterocycles. The summed E-state index contributed by atoms with van der Waals surface area (Å²) < 4.78 is 5.33. The summed E-state index contributed by atoms with van der Waals surface area (Å²) in [7, 11) is 1.70. The molecular weight excluding hydrogens is 288 g/mol. The Kier molecular flexibility index (Phi) is 4.48. The molecule has 0 saturated carbocycles. The van der Waals surface area contributed by atoms with E-state index in [9.17, 15) is 4.79 Å². The largest absolute Gasteiger partial charge is 0.380 e. The number of likely N-dealkylation sites (tertiary alicyclic amines) is 1. The minimum atomic E-state index is -0.127. The van der Waals surface area contributed by atoms with Crippen LogP contribution in [0.5, 0.6) is 0 Å². The van der Waals surface area contributed by atoms with Gasteiger partial charge in [0, 0.05) is 25.2 Å². The highest BCUT2D eigenvalue weighted by molar-refractivity contribution is 6.31. The highest BCUT2D eigenvalue weighted by Crippen LogP contribution is 2.36. The lowest BCUT2D eigenvalue weighted by molar-refractivity contribution is -0.134. The van der Waals surface area contributed by atoms with Crippen LogP contribution in [0.2, 0.25) is 5.02 Å². The van der Waals surface area contributed by atoms with Crippen molar-refractivity contribution in [2.45, 2.75) is 37.5 Å². The number of hydrogen-bond acceptors (Lipinski definition) is 3. The monoisotopic (exact) mass is 308 g/mol. The second kappa shape index (κ2) is 6.34. The Morgan fingerprint density at radius 2 is 2.24 bits per heavy atom. The maximum Gasteiger partial charge on any atom is 0.240 e. The molecule has 2 saturated heterocycles. The third kappa shape index (κ3) is 2.93.